The van der Waals surface area contributed by atoms with Crippen molar-refractivity contribution < 1.29 is 33.2 Å². The Morgan fingerprint density at radius 1 is 0.593 bits per heavy atom. The Kier molecular flexibility index (Phi) is 22.7. The van der Waals surface area contributed by atoms with Gasteiger partial charge in [0.05, 0.1) is 79.3 Å². The SMILES string of the molecule is C#CCOCCOCCOCCOCCOCCOCCOCC(C)CC. The van der Waals surface area contributed by atoms with Gasteiger partial charge in [-0.3, -0.25) is 0 Å². The van der Waals surface area contributed by atoms with E-state index >= 15 is 0 Å². The minimum Gasteiger partial charge on any atom is -0.379 e. The zero-order valence-corrected chi connectivity index (χ0v) is 17.1. The summed E-state index contributed by atoms with van der Waals surface area (Å²) in [5.74, 6) is 3.00. The van der Waals surface area contributed by atoms with Crippen LogP contribution in [0.2, 0.25) is 0 Å². The number of terminal acetylenes is 1. The summed E-state index contributed by atoms with van der Waals surface area (Å²) in [5, 5.41) is 0. The standard InChI is InChI=1S/C20H38O7/c1-4-6-21-7-8-22-9-10-23-11-12-24-13-14-25-15-16-26-17-18-27-19-20(3)5-2/h1,20H,5-19H2,2-3H3. The highest BCUT2D eigenvalue weighted by Gasteiger charge is 1.98. The van der Waals surface area contributed by atoms with Gasteiger partial charge in [-0.15, -0.1) is 6.42 Å². The second-order valence-electron chi connectivity index (χ2n) is 5.91. The van der Waals surface area contributed by atoms with Gasteiger partial charge >= 0.3 is 0 Å². The molecular formula is C20H38O7. The van der Waals surface area contributed by atoms with Gasteiger partial charge in [-0.1, -0.05) is 26.2 Å². The van der Waals surface area contributed by atoms with Crippen molar-refractivity contribution in [2.75, 3.05) is 92.5 Å². The lowest BCUT2D eigenvalue weighted by Crippen LogP contribution is -2.15. The maximum atomic E-state index is 5.50. The van der Waals surface area contributed by atoms with Gasteiger partial charge in [-0.05, 0) is 5.92 Å². The van der Waals surface area contributed by atoms with Crippen molar-refractivity contribution in [3.05, 3.63) is 0 Å². The van der Waals surface area contributed by atoms with Crippen LogP contribution in [0.15, 0.2) is 0 Å². The van der Waals surface area contributed by atoms with Crippen molar-refractivity contribution in [1.82, 2.24) is 0 Å². The molecule has 0 rings (SSSR count). The van der Waals surface area contributed by atoms with Crippen LogP contribution in [-0.2, 0) is 33.2 Å². The van der Waals surface area contributed by atoms with Crippen molar-refractivity contribution in [3.8, 4) is 12.3 Å². The van der Waals surface area contributed by atoms with E-state index in [1.165, 1.54) is 0 Å². The molecule has 0 aliphatic rings. The lowest BCUT2D eigenvalue weighted by Gasteiger charge is -2.10. The third kappa shape index (κ3) is 23.2. The fourth-order valence-corrected chi connectivity index (χ4v) is 1.75. The molecule has 0 saturated heterocycles. The first-order valence-electron chi connectivity index (χ1n) is 9.78. The molecule has 1 unspecified atom stereocenters. The summed E-state index contributed by atoms with van der Waals surface area (Å²) >= 11 is 0. The van der Waals surface area contributed by atoms with Gasteiger partial charge in [-0.2, -0.15) is 0 Å². The monoisotopic (exact) mass is 390 g/mol. The van der Waals surface area contributed by atoms with E-state index in [0.29, 0.717) is 91.8 Å². The topological polar surface area (TPSA) is 64.6 Å². The van der Waals surface area contributed by atoms with Crippen LogP contribution in [0.5, 0.6) is 0 Å². The Hall–Kier alpha value is -0.720. The molecule has 0 saturated carbocycles. The highest BCUT2D eigenvalue weighted by atomic mass is 16.6. The van der Waals surface area contributed by atoms with E-state index in [1.54, 1.807) is 0 Å². The van der Waals surface area contributed by atoms with E-state index in [1.807, 2.05) is 0 Å². The highest BCUT2D eigenvalue weighted by Crippen LogP contribution is 1.99. The summed E-state index contributed by atoms with van der Waals surface area (Å²) in [6.45, 7) is 12.1. The fourth-order valence-electron chi connectivity index (χ4n) is 1.75. The zero-order chi connectivity index (χ0) is 19.8. The molecule has 0 aromatic heterocycles. The Bertz CT molecular complexity index is 320. The molecule has 0 bridgehead atoms. The molecule has 7 nitrogen and oxygen atoms in total. The molecule has 160 valence electrons. The smallest absolute Gasteiger partial charge is 0.107 e. The predicted molar refractivity (Wildman–Crippen MR) is 104 cm³/mol. The Labute approximate surface area is 164 Å². The minimum atomic E-state index is 0.321. The first-order valence-corrected chi connectivity index (χ1v) is 9.78. The normalized spacial score (nSPS) is 12.2. The van der Waals surface area contributed by atoms with Crippen molar-refractivity contribution in [3.63, 3.8) is 0 Å². The maximum Gasteiger partial charge on any atom is 0.107 e. The van der Waals surface area contributed by atoms with Crippen LogP contribution in [0.25, 0.3) is 0 Å². The minimum absolute atomic E-state index is 0.321. The molecule has 1 atom stereocenters. The second kappa shape index (κ2) is 23.3. The molecule has 0 amide bonds. The third-order valence-corrected chi connectivity index (χ3v) is 3.52. The second-order valence-corrected chi connectivity index (χ2v) is 5.91. The van der Waals surface area contributed by atoms with Gasteiger partial charge in [0.15, 0.2) is 0 Å². The fraction of sp³-hybridized carbons (Fsp3) is 0.900. The summed E-state index contributed by atoms with van der Waals surface area (Å²) in [5.41, 5.74) is 0. The van der Waals surface area contributed by atoms with Crippen LogP contribution < -0.4 is 0 Å². The van der Waals surface area contributed by atoms with Crippen LogP contribution in [0.3, 0.4) is 0 Å². The van der Waals surface area contributed by atoms with E-state index in [0.717, 1.165) is 13.0 Å². The molecule has 0 spiro atoms. The molecule has 0 aliphatic carbocycles. The van der Waals surface area contributed by atoms with Gasteiger partial charge in [0.1, 0.15) is 6.61 Å². The molecule has 0 fully saturated rings. The highest BCUT2D eigenvalue weighted by molar-refractivity contribution is 4.82. The quantitative estimate of drug-likeness (QED) is 0.206. The Balaban J connectivity index is 3.00. The summed E-state index contributed by atoms with van der Waals surface area (Å²) in [6.07, 6.45) is 6.20. The number of rotatable bonds is 22. The number of hydrogen-bond donors (Lipinski definition) is 0. The molecule has 27 heavy (non-hydrogen) atoms. The van der Waals surface area contributed by atoms with Gasteiger partial charge in [0.2, 0.25) is 0 Å². The molecule has 0 aromatic carbocycles. The summed E-state index contributed by atoms with van der Waals surface area (Å²) in [4.78, 5) is 0. The van der Waals surface area contributed by atoms with Crippen molar-refractivity contribution in [2.24, 2.45) is 5.92 Å². The Morgan fingerprint density at radius 3 is 1.26 bits per heavy atom. The van der Waals surface area contributed by atoms with Crippen LogP contribution in [0.1, 0.15) is 20.3 Å². The average molecular weight is 391 g/mol. The average Bonchev–Trinajstić information content (AvgIpc) is 2.68. The van der Waals surface area contributed by atoms with Gasteiger partial charge in [-0.25, -0.2) is 0 Å². The lowest BCUT2D eigenvalue weighted by atomic mass is 10.1. The van der Waals surface area contributed by atoms with E-state index in [-0.39, 0.29) is 0 Å². The van der Waals surface area contributed by atoms with E-state index in [9.17, 15) is 0 Å². The van der Waals surface area contributed by atoms with Gasteiger partial charge in [0.25, 0.3) is 0 Å². The van der Waals surface area contributed by atoms with E-state index < -0.39 is 0 Å². The van der Waals surface area contributed by atoms with Gasteiger partial charge < -0.3 is 33.2 Å². The first kappa shape index (κ1) is 26.3. The molecule has 0 N–H and O–H groups in total. The molecular weight excluding hydrogens is 352 g/mol. The lowest BCUT2D eigenvalue weighted by molar-refractivity contribution is -0.0207. The van der Waals surface area contributed by atoms with Crippen LogP contribution in [0, 0.1) is 18.3 Å². The molecule has 0 heterocycles. The molecule has 0 aliphatic heterocycles. The van der Waals surface area contributed by atoms with Crippen LogP contribution in [-0.4, -0.2) is 92.5 Å². The largest absolute Gasteiger partial charge is 0.379 e. The van der Waals surface area contributed by atoms with Gasteiger partial charge in [0, 0.05) is 6.61 Å². The molecule has 0 radical (unpaired) electrons. The summed E-state index contributed by atoms with van der Waals surface area (Å²) < 4.78 is 37.5. The Morgan fingerprint density at radius 2 is 0.926 bits per heavy atom. The molecule has 7 heteroatoms. The summed E-state index contributed by atoms with van der Waals surface area (Å²) in [7, 11) is 0. The predicted octanol–water partition coefficient (Wildman–Crippen LogP) is 1.78. The van der Waals surface area contributed by atoms with Crippen molar-refractivity contribution in [1.29, 1.82) is 0 Å². The number of ether oxygens (including phenoxy) is 7. The van der Waals surface area contributed by atoms with Crippen LogP contribution >= 0.6 is 0 Å². The summed E-state index contributed by atoms with van der Waals surface area (Å²) in [6, 6.07) is 0. The van der Waals surface area contributed by atoms with Crippen molar-refractivity contribution >= 4 is 0 Å². The maximum absolute atomic E-state index is 5.50. The number of hydrogen-bond acceptors (Lipinski definition) is 7. The van der Waals surface area contributed by atoms with E-state index in [4.69, 9.17) is 39.6 Å². The van der Waals surface area contributed by atoms with Crippen molar-refractivity contribution in [2.45, 2.75) is 20.3 Å². The van der Waals surface area contributed by atoms with Crippen LogP contribution in [0.4, 0.5) is 0 Å². The van der Waals surface area contributed by atoms with E-state index in [2.05, 4.69) is 19.8 Å². The first-order chi connectivity index (χ1) is 13.3. The molecule has 0 aromatic rings. The third-order valence-electron chi connectivity index (χ3n) is 3.52. The zero-order valence-electron chi connectivity index (χ0n) is 17.1.